The fourth-order valence-corrected chi connectivity index (χ4v) is 2.85. The molecule has 0 bridgehead atoms. The second kappa shape index (κ2) is 5.28. The van der Waals surface area contributed by atoms with E-state index in [4.69, 9.17) is 4.74 Å². The first-order valence-corrected chi connectivity index (χ1v) is 7.65. The minimum absolute atomic E-state index is 0.641. The van der Waals surface area contributed by atoms with E-state index < -0.39 is 0 Å². The first kappa shape index (κ1) is 12.5. The molecule has 0 saturated heterocycles. The van der Waals surface area contributed by atoms with Crippen molar-refractivity contribution in [1.29, 1.82) is 0 Å². The zero-order valence-electron chi connectivity index (χ0n) is 12.0. The van der Waals surface area contributed by atoms with E-state index in [0.717, 1.165) is 12.2 Å². The highest BCUT2D eigenvalue weighted by Gasteiger charge is 2.28. The summed E-state index contributed by atoms with van der Waals surface area (Å²) in [6.07, 6.45) is 7.74. The second-order valence-electron chi connectivity index (χ2n) is 5.85. The van der Waals surface area contributed by atoms with E-state index in [2.05, 4.69) is 47.8 Å². The van der Waals surface area contributed by atoms with Crippen LogP contribution in [-0.2, 0) is 13.0 Å². The molecule has 106 valence electrons. The smallest absolute Gasteiger partial charge is 0.123 e. The van der Waals surface area contributed by atoms with E-state index in [0.29, 0.717) is 12.5 Å². The van der Waals surface area contributed by atoms with E-state index in [-0.39, 0.29) is 0 Å². The molecule has 21 heavy (non-hydrogen) atoms. The lowest BCUT2D eigenvalue weighted by molar-refractivity contribution is 0.303. The number of anilines is 1. The molecule has 1 aliphatic heterocycles. The molecule has 4 rings (SSSR count). The van der Waals surface area contributed by atoms with Crippen LogP contribution in [0.15, 0.2) is 54.7 Å². The van der Waals surface area contributed by atoms with Crippen LogP contribution < -0.4 is 10.1 Å². The Morgan fingerprint density at radius 2 is 1.95 bits per heavy atom. The summed E-state index contributed by atoms with van der Waals surface area (Å²) in [5.74, 6) is 1.76. The van der Waals surface area contributed by atoms with Crippen molar-refractivity contribution in [2.24, 2.45) is 0 Å². The van der Waals surface area contributed by atoms with Gasteiger partial charge in [0.2, 0.25) is 0 Å². The molecule has 0 unspecified atom stereocenters. The third-order valence-electron chi connectivity index (χ3n) is 4.18. The van der Waals surface area contributed by atoms with Gasteiger partial charge in [0.15, 0.2) is 0 Å². The third kappa shape index (κ3) is 2.66. The van der Waals surface area contributed by atoms with Gasteiger partial charge in [-0.1, -0.05) is 36.4 Å². The molecule has 0 aromatic heterocycles. The van der Waals surface area contributed by atoms with Crippen molar-refractivity contribution >= 4 is 5.69 Å². The predicted octanol–water partition coefficient (Wildman–Crippen LogP) is 4.62. The van der Waals surface area contributed by atoms with Crippen LogP contribution in [0.25, 0.3) is 0 Å². The Hall–Kier alpha value is -2.22. The molecular weight excluding hydrogens is 258 g/mol. The Balaban J connectivity index is 1.61. The fraction of sp³-hybridized carbons (Fsp3) is 0.263. The summed E-state index contributed by atoms with van der Waals surface area (Å²) in [4.78, 5) is 0. The predicted molar refractivity (Wildman–Crippen MR) is 85.7 cm³/mol. The molecule has 0 spiro atoms. The largest absolute Gasteiger partial charge is 0.489 e. The quantitative estimate of drug-likeness (QED) is 0.880. The Labute approximate surface area is 125 Å². The molecule has 1 fully saturated rings. The van der Waals surface area contributed by atoms with E-state index in [1.807, 2.05) is 12.3 Å². The maximum absolute atomic E-state index is 6.14. The molecule has 2 heteroatoms. The maximum atomic E-state index is 6.14. The average Bonchev–Trinajstić information content (AvgIpc) is 3.38. The van der Waals surface area contributed by atoms with Gasteiger partial charge < -0.3 is 10.1 Å². The number of allylic oxidation sites excluding steroid dienone is 1. The van der Waals surface area contributed by atoms with Crippen LogP contribution in [0, 0.1) is 0 Å². The lowest BCUT2D eigenvalue weighted by Gasteiger charge is -2.18. The summed E-state index contributed by atoms with van der Waals surface area (Å²) < 4.78 is 6.14. The van der Waals surface area contributed by atoms with Gasteiger partial charge in [-0.05, 0) is 60.2 Å². The number of hydrogen-bond donors (Lipinski definition) is 1. The molecule has 1 aliphatic carbocycles. The van der Waals surface area contributed by atoms with Gasteiger partial charge in [-0.2, -0.15) is 0 Å². The van der Waals surface area contributed by atoms with Gasteiger partial charge in [-0.25, -0.2) is 0 Å². The molecule has 1 N–H and O–H groups in total. The molecular formula is C19H19NO. The van der Waals surface area contributed by atoms with E-state index >= 15 is 0 Å². The monoisotopic (exact) mass is 277 g/mol. The van der Waals surface area contributed by atoms with E-state index in [1.165, 1.54) is 35.2 Å². The zero-order chi connectivity index (χ0) is 14.1. The maximum Gasteiger partial charge on any atom is 0.123 e. The Morgan fingerprint density at radius 1 is 1.10 bits per heavy atom. The van der Waals surface area contributed by atoms with Crippen molar-refractivity contribution in [2.45, 2.75) is 31.8 Å². The van der Waals surface area contributed by atoms with Crippen LogP contribution in [0.5, 0.6) is 5.75 Å². The molecule has 2 aromatic rings. The zero-order valence-corrected chi connectivity index (χ0v) is 12.0. The summed E-state index contributed by atoms with van der Waals surface area (Å²) in [6.45, 7) is 0.641. The van der Waals surface area contributed by atoms with Gasteiger partial charge in [-0.15, -0.1) is 0 Å². The van der Waals surface area contributed by atoms with Gasteiger partial charge in [-0.3, -0.25) is 0 Å². The molecule has 1 saturated carbocycles. The van der Waals surface area contributed by atoms with Gasteiger partial charge in [0.25, 0.3) is 0 Å². The van der Waals surface area contributed by atoms with Crippen molar-refractivity contribution in [1.82, 2.24) is 0 Å². The minimum atomic E-state index is 0.641. The van der Waals surface area contributed by atoms with Gasteiger partial charge in [0.1, 0.15) is 12.4 Å². The van der Waals surface area contributed by atoms with E-state index in [9.17, 15) is 0 Å². The Kier molecular flexibility index (Phi) is 3.15. The lowest BCUT2D eigenvalue weighted by atomic mass is 10.0. The Morgan fingerprint density at radius 3 is 2.76 bits per heavy atom. The number of benzene rings is 2. The number of ether oxygens (including phenoxy) is 1. The summed E-state index contributed by atoms with van der Waals surface area (Å²) in [7, 11) is 0. The van der Waals surface area contributed by atoms with Crippen LogP contribution in [0.3, 0.4) is 0 Å². The second-order valence-corrected chi connectivity index (χ2v) is 5.85. The molecule has 2 aliphatic rings. The molecule has 1 heterocycles. The van der Waals surface area contributed by atoms with Crippen LogP contribution in [-0.4, -0.2) is 0 Å². The lowest BCUT2D eigenvalue weighted by Crippen LogP contribution is -2.04. The van der Waals surface area contributed by atoms with Crippen molar-refractivity contribution < 1.29 is 4.74 Å². The van der Waals surface area contributed by atoms with Crippen LogP contribution in [0.2, 0.25) is 0 Å². The molecule has 2 nitrogen and oxygen atoms in total. The topological polar surface area (TPSA) is 21.3 Å². The van der Waals surface area contributed by atoms with Crippen LogP contribution in [0.1, 0.15) is 35.4 Å². The molecule has 2 aromatic carbocycles. The van der Waals surface area contributed by atoms with Crippen LogP contribution in [0.4, 0.5) is 5.69 Å². The number of nitrogens with one attached hydrogen (secondary N) is 1. The summed E-state index contributed by atoms with van der Waals surface area (Å²) in [5, 5.41) is 3.35. The normalized spacial score (nSPS) is 16.2. The summed E-state index contributed by atoms with van der Waals surface area (Å²) >= 11 is 0. The minimum Gasteiger partial charge on any atom is -0.489 e. The van der Waals surface area contributed by atoms with Gasteiger partial charge >= 0.3 is 0 Å². The summed E-state index contributed by atoms with van der Waals surface area (Å²) in [6, 6.07) is 14.9. The third-order valence-corrected chi connectivity index (χ3v) is 4.18. The van der Waals surface area contributed by atoms with Gasteiger partial charge in [0, 0.05) is 5.69 Å². The number of rotatable bonds is 4. The fourth-order valence-electron chi connectivity index (χ4n) is 2.85. The number of fused-ring (bicyclic) bond motifs is 1. The SMILES string of the molecule is C1=CNc2cc(C3CC3)c(OCc3ccccc3)cc2C1. The van der Waals surface area contributed by atoms with Gasteiger partial charge in [0.05, 0.1) is 0 Å². The highest BCUT2D eigenvalue weighted by molar-refractivity contribution is 5.62. The first-order chi connectivity index (χ1) is 10.4. The van der Waals surface area contributed by atoms with Crippen molar-refractivity contribution in [2.75, 3.05) is 5.32 Å². The average molecular weight is 277 g/mol. The Bertz CT molecular complexity index is 671. The first-order valence-electron chi connectivity index (χ1n) is 7.65. The summed E-state index contributed by atoms with van der Waals surface area (Å²) in [5.41, 5.74) is 5.15. The van der Waals surface area contributed by atoms with Crippen molar-refractivity contribution in [3.05, 3.63) is 71.4 Å². The van der Waals surface area contributed by atoms with Crippen molar-refractivity contribution in [3.8, 4) is 5.75 Å². The van der Waals surface area contributed by atoms with Crippen molar-refractivity contribution in [3.63, 3.8) is 0 Å². The van der Waals surface area contributed by atoms with E-state index in [1.54, 1.807) is 0 Å². The highest BCUT2D eigenvalue weighted by Crippen LogP contribution is 2.46. The molecule has 0 radical (unpaired) electrons. The molecule has 0 amide bonds. The highest BCUT2D eigenvalue weighted by atomic mass is 16.5. The number of hydrogen-bond acceptors (Lipinski definition) is 2. The standard InChI is InChI=1S/C19H19NO/c1-2-5-14(6-3-1)13-21-19-11-16-7-4-10-20-18(16)12-17(19)15-8-9-15/h1-6,10-12,15,20H,7-9,13H2. The molecule has 0 atom stereocenters. The van der Waals surface area contributed by atoms with Crippen LogP contribution >= 0.6 is 0 Å².